The highest BCUT2D eigenvalue weighted by Crippen LogP contribution is 2.34. The minimum atomic E-state index is -4.49. The molecule has 2 aromatic rings. The third kappa shape index (κ3) is 4.07. The van der Waals surface area contributed by atoms with Crippen molar-refractivity contribution in [3.63, 3.8) is 0 Å². The van der Waals surface area contributed by atoms with E-state index in [1.165, 1.54) is 12.1 Å². The lowest BCUT2D eigenvalue weighted by Crippen LogP contribution is -2.06. The molecule has 0 heterocycles. The molecule has 2 aromatic carbocycles. The van der Waals surface area contributed by atoms with E-state index in [1.807, 2.05) is 0 Å². The van der Waals surface area contributed by atoms with Crippen molar-refractivity contribution >= 4 is 23.0 Å². The summed E-state index contributed by atoms with van der Waals surface area (Å²) in [4.78, 5) is 0. The van der Waals surface area contributed by atoms with Crippen molar-refractivity contribution in [2.75, 3.05) is 5.43 Å². The van der Waals surface area contributed by atoms with Gasteiger partial charge < -0.3 is 10.2 Å². The number of nitrogens with one attached hydrogen (secondary N) is 1. The molecule has 0 unspecified atom stereocenters. The van der Waals surface area contributed by atoms with Gasteiger partial charge in [-0.05, 0) is 37.3 Å². The number of hydrazone groups is 1. The van der Waals surface area contributed by atoms with E-state index in [2.05, 4.69) is 10.5 Å². The number of phenolic OH excluding ortho intramolecular Hbond substituents is 2. The van der Waals surface area contributed by atoms with Crippen LogP contribution in [-0.2, 0) is 6.18 Å². The van der Waals surface area contributed by atoms with Gasteiger partial charge in [0.1, 0.15) is 11.5 Å². The van der Waals surface area contributed by atoms with Crippen LogP contribution in [0.5, 0.6) is 11.5 Å². The van der Waals surface area contributed by atoms with E-state index in [9.17, 15) is 23.4 Å². The Morgan fingerprint density at radius 1 is 1.13 bits per heavy atom. The summed E-state index contributed by atoms with van der Waals surface area (Å²) in [5, 5.41) is 22.9. The predicted molar refractivity (Wildman–Crippen MR) is 82.1 cm³/mol. The first kappa shape index (κ1) is 17.0. The molecule has 0 atom stereocenters. The maximum absolute atomic E-state index is 12.7. The van der Waals surface area contributed by atoms with Crippen LogP contribution in [0.15, 0.2) is 41.5 Å². The Labute approximate surface area is 134 Å². The molecule has 0 saturated carbocycles. The third-order valence-corrected chi connectivity index (χ3v) is 3.34. The highest BCUT2D eigenvalue weighted by Gasteiger charge is 2.30. The summed E-state index contributed by atoms with van der Waals surface area (Å²) in [6.45, 7) is 1.54. The van der Waals surface area contributed by atoms with Gasteiger partial charge >= 0.3 is 6.18 Å². The van der Waals surface area contributed by atoms with Gasteiger partial charge in [-0.1, -0.05) is 11.6 Å². The van der Waals surface area contributed by atoms with E-state index in [4.69, 9.17) is 11.6 Å². The van der Waals surface area contributed by atoms with E-state index >= 15 is 0 Å². The maximum atomic E-state index is 12.7. The number of hydrogen-bond donors (Lipinski definition) is 3. The van der Waals surface area contributed by atoms with Gasteiger partial charge in [0.25, 0.3) is 0 Å². The van der Waals surface area contributed by atoms with Crippen LogP contribution in [0.4, 0.5) is 18.9 Å². The van der Waals surface area contributed by atoms with Gasteiger partial charge in [-0.3, -0.25) is 5.43 Å². The minimum Gasteiger partial charge on any atom is -0.508 e. The van der Waals surface area contributed by atoms with E-state index in [0.717, 1.165) is 24.3 Å². The Kier molecular flexibility index (Phi) is 4.70. The lowest BCUT2D eigenvalue weighted by Gasteiger charge is -2.11. The molecular weight excluding hydrogens is 333 g/mol. The molecule has 122 valence electrons. The van der Waals surface area contributed by atoms with Crippen molar-refractivity contribution < 1.29 is 23.4 Å². The Morgan fingerprint density at radius 3 is 2.43 bits per heavy atom. The van der Waals surface area contributed by atoms with Gasteiger partial charge in [-0.2, -0.15) is 18.3 Å². The van der Waals surface area contributed by atoms with Crippen molar-refractivity contribution in [3.05, 3.63) is 52.5 Å². The highest BCUT2D eigenvalue weighted by atomic mass is 35.5. The van der Waals surface area contributed by atoms with E-state index in [0.29, 0.717) is 11.3 Å². The smallest absolute Gasteiger partial charge is 0.416 e. The lowest BCUT2D eigenvalue weighted by molar-refractivity contribution is -0.137. The minimum absolute atomic E-state index is 0.0147. The number of rotatable bonds is 3. The Bertz CT molecular complexity index is 761. The molecule has 0 saturated heterocycles. The first-order chi connectivity index (χ1) is 10.7. The van der Waals surface area contributed by atoms with Crippen LogP contribution in [0.1, 0.15) is 18.1 Å². The standard InChI is InChI=1S/C15H12ClF3N2O2/c1-8(11-4-3-10(22)7-14(11)23)20-21-13-6-9(15(17,18)19)2-5-12(13)16/h2-7,21-23H,1H3. The molecule has 0 aliphatic rings. The topological polar surface area (TPSA) is 64.9 Å². The fraction of sp³-hybridized carbons (Fsp3) is 0.133. The van der Waals surface area contributed by atoms with Gasteiger partial charge in [-0.25, -0.2) is 0 Å². The largest absolute Gasteiger partial charge is 0.508 e. The van der Waals surface area contributed by atoms with Crippen LogP contribution in [0.25, 0.3) is 0 Å². The number of phenols is 2. The number of aromatic hydroxyl groups is 2. The summed E-state index contributed by atoms with van der Waals surface area (Å²) in [7, 11) is 0. The fourth-order valence-corrected chi connectivity index (χ4v) is 1.98. The molecule has 4 nitrogen and oxygen atoms in total. The summed E-state index contributed by atoms with van der Waals surface area (Å²) in [5.74, 6) is -0.323. The number of alkyl halides is 3. The van der Waals surface area contributed by atoms with Crippen LogP contribution in [-0.4, -0.2) is 15.9 Å². The second-order valence-electron chi connectivity index (χ2n) is 4.70. The quantitative estimate of drug-likeness (QED) is 0.563. The van der Waals surface area contributed by atoms with Gasteiger partial charge in [0.05, 0.1) is 22.0 Å². The highest BCUT2D eigenvalue weighted by molar-refractivity contribution is 6.33. The number of nitrogens with zero attached hydrogens (tertiary/aromatic N) is 1. The zero-order valence-electron chi connectivity index (χ0n) is 11.8. The molecule has 0 spiro atoms. The molecule has 0 bridgehead atoms. The summed E-state index contributed by atoms with van der Waals surface area (Å²) in [6.07, 6.45) is -4.49. The summed E-state index contributed by atoms with van der Waals surface area (Å²) < 4.78 is 38.1. The van der Waals surface area contributed by atoms with Crippen molar-refractivity contribution in [1.82, 2.24) is 0 Å². The zero-order valence-corrected chi connectivity index (χ0v) is 12.6. The molecule has 23 heavy (non-hydrogen) atoms. The molecular formula is C15H12ClF3N2O2. The van der Waals surface area contributed by atoms with Gasteiger partial charge in [-0.15, -0.1) is 0 Å². The molecule has 0 radical (unpaired) electrons. The molecule has 0 aliphatic carbocycles. The molecule has 8 heteroatoms. The number of anilines is 1. The van der Waals surface area contributed by atoms with Gasteiger partial charge in [0.2, 0.25) is 0 Å². The average Bonchev–Trinajstić information content (AvgIpc) is 2.44. The predicted octanol–water partition coefficient (Wildman–Crippen LogP) is 4.61. The van der Waals surface area contributed by atoms with E-state index in [1.54, 1.807) is 6.92 Å². The van der Waals surface area contributed by atoms with Crippen molar-refractivity contribution in [1.29, 1.82) is 0 Å². The maximum Gasteiger partial charge on any atom is 0.416 e. The third-order valence-electron chi connectivity index (χ3n) is 3.01. The van der Waals surface area contributed by atoms with Crippen molar-refractivity contribution in [2.24, 2.45) is 5.10 Å². The van der Waals surface area contributed by atoms with Crippen LogP contribution in [0.2, 0.25) is 5.02 Å². The Morgan fingerprint density at radius 2 is 1.83 bits per heavy atom. The summed E-state index contributed by atoms with van der Waals surface area (Å²) in [5.41, 5.74) is 2.20. The van der Waals surface area contributed by atoms with Crippen LogP contribution in [0, 0.1) is 0 Å². The van der Waals surface area contributed by atoms with Crippen LogP contribution in [0.3, 0.4) is 0 Å². The second-order valence-corrected chi connectivity index (χ2v) is 5.11. The van der Waals surface area contributed by atoms with Crippen LogP contribution < -0.4 is 5.43 Å². The molecule has 0 fully saturated rings. The number of hydrogen-bond acceptors (Lipinski definition) is 4. The Balaban J connectivity index is 2.28. The summed E-state index contributed by atoms with van der Waals surface area (Å²) >= 11 is 5.85. The zero-order chi connectivity index (χ0) is 17.2. The first-order valence-electron chi connectivity index (χ1n) is 6.38. The molecule has 0 aromatic heterocycles. The summed E-state index contributed by atoms with van der Waals surface area (Å²) in [6, 6.07) is 6.75. The SMILES string of the molecule is CC(=NNc1cc(C(F)(F)F)ccc1Cl)c1ccc(O)cc1O. The van der Waals surface area contributed by atoms with Crippen molar-refractivity contribution in [3.8, 4) is 11.5 Å². The molecule has 0 aliphatic heterocycles. The normalized spacial score (nSPS) is 12.3. The lowest BCUT2D eigenvalue weighted by atomic mass is 10.1. The number of halogens is 4. The van der Waals surface area contributed by atoms with Crippen molar-refractivity contribution in [2.45, 2.75) is 13.1 Å². The Hall–Kier alpha value is -2.41. The molecule has 3 N–H and O–H groups in total. The van der Waals surface area contributed by atoms with Crippen LogP contribution >= 0.6 is 11.6 Å². The van der Waals surface area contributed by atoms with Gasteiger partial charge in [0.15, 0.2) is 0 Å². The number of benzene rings is 2. The van der Waals surface area contributed by atoms with E-state index in [-0.39, 0.29) is 22.2 Å². The second kappa shape index (κ2) is 6.37. The molecule has 0 amide bonds. The average molecular weight is 345 g/mol. The van der Waals surface area contributed by atoms with Gasteiger partial charge in [0, 0.05) is 11.6 Å². The monoisotopic (exact) mass is 344 g/mol. The van der Waals surface area contributed by atoms with E-state index < -0.39 is 11.7 Å². The fourth-order valence-electron chi connectivity index (χ4n) is 1.82. The molecule has 2 rings (SSSR count). The first-order valence-corrected chi connectivity index (χ1v) is 6.75.